The molecule has 0 aliphatic carbocycles. The van der Waals surface area contributed by atoms with Crippen LogP contribution in [0.5, 0.6) is 11.5 Å². The first-order valence-corrected chi connectivity index (χ1v) is 9.22. The zero-order valence-corrected chi connectivity index (χ0v) is 16.6. The number of benzene rings is 2. The van der Waals surface area contributed by atoms with Gasteiger partial charge in [-0.05, 0) is 50.1 Å². The third-order valence-corrected chi connectivity index (χ3v) is 4.04. The highest BCUT2D eigenvalue weighted by atomic mass is 16.5. The summed E-state index contributed by atoms with van der Waals surface area (Å²) in [5.74, 6) is 1.60. The van der Waals surface area contributed by atoms with Gasteiger partial charge in [-0.2, -0.15) is 15.2 Å². The van der Waals surface area contributed by atoms with Gasteiger partial charge in [0.15, 0.2) is 17.3 Å². The van der Waals surface area contributed by atoms with E-state index in [9.17, 15) is 4.79 Å². The fourth-order valence-electron chi connectivity index (χ4n) is 2.50. The summed E-state index contributed by atoms with van der Waals surface area (Å²) in [7, 11) is 0. The van der Waals surface area contributed by atoms with Crippen LogP contribution in [0.4, 0.5) is 5.82 Å². The maximum absolute atomic E-state index is 11.3. The molecule has 29 heavy (non-hydrogen) atoms. The van der Waals surface area contributed by atoms with E-state index in [1.165, 1.54) is 5.56 Å². The molecule has 0 bridgehead atoms. The molecule has 0 unspecified atom stereocenters. The Morgan fingerprint density at radius 1 is 1.10 bits per heavy atom. The Kier molecular flexibility index (Phi) is 6.57. The minimum absolute atomic E-state index is 0.299. The molecule has 1 heterocycles. The molecule has 0 aliphatic rings. The number of hydrazone groups is 1. The molecule has 0 amide bonds. The summed E-state index contributed by atoms with van der Waals surface area (Å²) >= 11 is 0. The van der Waals surface area contributed by atoms with Crippen molar-refractivity contribution in [2.45, 2.75) is 27.4 Å². The van der Waals surface area contributed by atoms with Gasteiger partial charge in [-0.3, -0.25) is 5.43 Å². The van der Waals surface area contributed by atoms with Crippen LogP contribution in [0, 0.1) is 13.8 Å². The third kappa shape index (κ3) is 5.65. The number of aromatic nitrogens is 3. The number of anilines is 1. The number of nitrogens with one attached hydrogen (secondary N) is 2. The Morgan fingerprint density at radius 2 is 1.90 bits per heavy atom. The lowest BCUT2D eigenvalue weighted by atomic mass is 10.2. The number of hydrogen-bond acceptors (Lipinski definition) is 7. The molecule has 3 rings (SSSR count). The maximum Gasteiger partial charge on any atom is 0.363 e. The summed E-state index contributed by atoms with van der Waals surface area (Å²) < 4.78 is 11.6. The van der Waals surface area contributed by atoms with E-state index in [-0.39, 0.29) is 0 Å². The van der Waals surface area contributed by atoms with Gasteiger partial charge in [0.1, 0.15) is 12.3 Å². The number of aryl methyl sites for hydroxylation is 2. The zero-order chi connectivity index (χ0) is 20.6. The molecule has 150 valence electrons. The molecule has 1 aromatic heterocycles. The topological polar surface area (TPSA) is 101 Å². The van der Waals surface area contributed by atoms with Crippen LogP contribution >= 0.6 is 0 Å². The molecule has 0 atom stereocenters. The monoisotopic (exact) mass is 393 g/mol. The van der Waals surface area contributed by atoms with Gasteiger partial charge in [0, 0.05) is 0 Å². The number of nitrogens with zero attached hydrogens (tertiary/aromatic N) is 3. The van der Waals surface area contributed by atoms with Crippen molar-refractivity contribution in [2.24, 2.45) is 5.10 Å². The molecule has 8 heteroatoms. The lowest BCUT2D eigenvalue weighted by Crippen LogP contribution is -2.15. The predicted octanol–water partition coefficient (Wildman–Crippen LogP) is 3.21. The van der Waals surface area contributed by atoms with Crippen LogP contribution in [-0.2, 0) is 6.61 Å². The second kappa shape index (κ2) is 9.50. The summed E-state index contributed by atoms with van der Waals surface area (Å²) in [5.41, 5.74) is 5.82. The van der Waals surface area contributed by atoms with E-state index in [4.69, 9.17) is 9.47 Å². The molecular formula is C21H23N5O3. The Hall–Kier alpha value is -3.68. The van der Waals surface area contributed by atoms with E-state index in [1.807, 2.05) is 37.3 Å². The molecule has 8 nitrogen and oxygen atoms in total. The second-order valence-electron chi connectivity index (χ2n) is 6.36. The van der Waals surface area contributed by atoms with Crippen LogP contribution in [0.2, 0.25) is 0 Å². The average Bonchev–Trinajstić information content (AvgIpc) is 2.71. The number of aromatic amines is 1. The van der Waals surface area contributed by atoms with Crippen molar-refractivity contribution in [2.75, 3.05) is 12.0 Å². The van der Waals surface area contributed by atoms with Gasteiger partial charge in [-0.25, -0.2) is 9.89 Å². The van der Waals surface area contributed by atoms with Crippen LogP contribution < -0.4 is 20.6 Å². The maximum atomic E-state index is 11.3. The molecule has 0 radical (unpaired) electrons. The minimum atomic E-state index is -0.540. The molecule has 0 aliphatic heterocycles. The van der Waals surface area contributed by atoms with Crippen LogP contribution in [-0.4, -0.2) is 28.0 Å². The van der Waals surface area contributed by atoms with E-state index < -0.39 is 5.69 Å². The zero-order valence-electron chi connectivity index (χ0n) is 16.6. The van der Waals surface area contributed by atoms with Gasteiger partial charge in [-0.15, -0.1) is 0 Å². The van der Waals surface area contributed by atoms with Gasteiger partial charge in [-0.1, -0.05) is 29.8 Å². The van der Waals surface area contributed by atoms with Crippen molar-refractivity contribution in [3.63, 3.8) is 0 Å². The first-order chi connectivity index (χ1) is 14.0. The van der Waals surface area contributed by atoms with Crippen LogP contribution in [0.25, 0.3) is 0 Å². The molecule has 2 aromatic carbocycles. The Balaban J connectivity index is 1.70. The van der Waals surface area contributed by atoms with Crippen molar-refractivity contribution in [3.8, 4) is 11.5 Å². The first-order valence-electron chi connectivity index (χ1n) is 9.22. The SMILES string of the molecule is CCOc1cc(C=NNc2nc(=O)[nH]nc2C)ccc1OCc1ccc(C)cc1. The quantitative estimate of drug-likeness (QED) is 0.450. The normalized spacial score (nSPS) is 10.9. The van der Waals surface area contributed by atoms with Crippen molar-refractivity contribution in [1.29, 1.82) is 0 Å². The number of rotatable bonds is 8. The summed E-state index contributed by atoms with van der Waals surface area (Å²) in [6.07, 6.45) is 1.61. The Morgan fingerprint density at radius 3 is 2.66 bits per heavy atom. The highest BCUT2D eigenvalue weighted by molar-refractivity contribution is 5.81. The summed E-state index contributed by atoms with van der Waals surface area (Å²) in [4.78, 5) is 15.0. The molecule has 3 aromatic rings. The highest BCUT2D eigenvalue weighted by Gasteiger charge is 2.07. The summed E-state index contributed by atoms with van der Waals surface area (Å²) in [6, 6.07) is 13.8. The van der Waals surface area contributed by atoms with Crippen molar-refractivity contribution in [1.82, 2.24) is 15.2 Å². The molecule has 0 saturated carbocycles. The fourth-order valence-corrected chi connectivity index (χ4v) is 2.50. The molecular weight excluding hydrogens is 370 g/mol. The lowest BCUT2D eigenvalue weighted by Gasteiger charge is -2.13. The van der Waals surface area contributed by atoms with Crippen LogP contribution in [0.3, 0.4) is 0 Å². The van der Waals surface area contributed by atoms with Crippen LogP contribution in [0.1, 0.15) is 29.3 Å². The first kappa shape index (κ1) is 20.1. The summed E-state index contributed by atoms with van der Waals surface area (Å²) in [5, 5.41) is 10.2. The van der Waals surface area contributed by atoms with E-state index in [2.05, 4.69) is 44.8 Å². The standard InChI is InChI=1S/C21H23N5O3/c1-4-28-19-11-17(12-22-25-20-15(3)24-26-21(27)23-20)9-10-18(19)29-13-16-7-5-14(2)6-8-16/h5-12H,4,13H2,1-3H3,(H2,23,25,26,27). The Labute approximate surface area is 168 Å². The smallest absolute Gasteiger partial charge is 0.363 e. The van der Waals surface area contributed by atoms with Crippen molar-refractivity contribution in [3.05, 3.63) is 75.3 Å². The van der Waals surface area contributed by atoms with Crippen LogP contribution in [0.15, 0.2) is 52.4 Å². The summed E-state index contributed by atoms with van der Waals surface area (Å²) in [6.45, 7) is 6.66. The second-order valence-corrected chi connectivity index (χ2v) is 6.36. The van der Waals surface area contributed by atoms with Gasteiger partial charge in [0.05, 0.1) is 12.8 Å². The van der Waals surface area contributed by atoms with E-state index in [0.29, 0.717) is 36.2 Å². The number of hydrogen-bond donors (Lipinski definition) is 2. The average molecular weight is 393 g/mol. The van der Waals surface area contributed by atoms with Gasteiger partial charge < -0.3 is 9.47 Å². The third-order valence-electron chi connectivity index (χ3n) is 4.04. The van der Waals surface area contributed by atoms with Crippen molar-refractivity contribution < 1.29 is 9.47 Å². The predicted molar refractivity (Wildman–Crippen MR) is 112 cm³/mol. The van der Waals surface area contributed by atoms with E-state index >= 15 is 0 Å². The largest absolute Gasteiger partial charge is 0.490 e. The molecule has 2 N–H and O–H groups in total. The van der Waals surface area contributed by atoms with E-state index in [0.717, 1.165) is 11.1 Å². The van der Waals surface area contributed by atoms with Gasteiger partial charge >= 0.3 is 5.69 Å². The minimum Gasteiger partial charge on any atom is -0.490 e. The molecule has 0 spiro atoms. The number of ether oxygens (including phenoxy) is 2. The van der Waals surface area contributed by atoms with Gasteiger partial charge in [0.2, 0.25) is 0 Å². The van der Waals surface area contributed by atoms with Gasteiger partial charge in [0.25, 0.3) is 0 Å². The number of H-pyrrole nitrogens is 1. The lowest BCUT2D eigenvalue weighted by molar-refractivity contribution is 0.269. The molecule has 0 saturated heterocycles. The fraction of sp³-hybridized carbons (Fsp3) is 0.238. The van der Waals surface area contributed by atoms with Crippen molar-refractivity contribution >= 4 is 12.0 Å². The molecule has 0 fully saturated rings. The highest BCUT2D eigenvalue weighted by Crippen LogP contribution is 2.29. The van der Waals surface area contributed by atoms with E-state index in [1.54, 1.807) is 13.1 Å². The Bertz CT molecular complexity index is 1040.